The Kier molecular flexibility index (Phi) is 5.96. The molecule has 0 aliphatic heterocycles. The largest absolute Gasteiger partial charge is 0.357 e. The Labute approximate surface area is 182 Å². The normalized spacial score (nSPS) is 13.7. The highest BCUT2D eigenvalue weighted by Gasteiger charge is 2.23. The molecule has 5 heteroatoms. The number of fused-ring (bicyclic) bond motifs is 1. The van der Waals surface area contributed by atoms with Gasteiger partial charge in [-0.25, -0.2) is 4.79 Å². The van der Waals surface area contributed by atoms with Crippen LogP contribution in [-0.2, 0) is 30.7 Å². The predicted octanol–water partition coefficient (Wildman–Crippen LogP) is 4.01. The highest BCUT2D eigenvalue weighted by molar-refractivity contribution is 5.34. The summed E-state index contributed by atoms with van der Waals surface area (Å²) in [5.74, 6) is -0.00718. The first-order valence-corrected chi connectivity index (χ1v) is 10.9. The third kappa shape index (κ3) is 4.57. The molecule has 0 saturated heterocycles. The lowest BCUT2D eigenvalue weighted by molar-refractivity contribution is 0.00957. The SMILES string of the molecule is Cc1cc(C)cc(Cc2c(C(C)C)c(=O)[nH]c(=O)n2COC2Cc3ccccc3C2)c1. The van der Waals surface area contributed by atoms with Gasteiger partial charge in [-0.05, 0) is 49.3 Å². The molecule has 162 valence electrons. The molecule has 5 nitrogen and oxygen atoms in total. The van der Waals surface area contributed by atoms with Crippen LogP contribution in [0.5, 0.6) is 0 Å². The summed E-state index contributed by atoms with van der Waals surface area (Å²) in [6, 6.07) is 14.7. The van der Waals surface area contributed by atoms with E-state index in [2.05, 4.69) is 49.2 Å². The lowest BCUT2D eigenvalue weighted by Crippen LogP contribution is -2.37. The summed E-state index contributed by atoms with van der Waals surface area (Å²) < 4.78 is 7.80. The zero-order valence-corrected chi connectivity index (χ0v) is 18.7. The zero-order chi connectivity index (χ0) is 22.1. The summed E-state index contributed by atoms with van der Waals surface area (Å²) >= 11 is 0. The average molecular weight is 419 g/mol. The van der Waals surface area contributed by atoms with Gasteiger partial charge in [0.25, 0.3) is 5.56 Å². The van der Waals surface area contributed by atoms with E-state index in [0.717, 1.165) is 24.1 Å². The molecule has 0 spiro atoms. The second-order valence-electron chi connectivity index (χ2n) is 8.97. The maximum atomic E-state index is 12.8. The highest BCUT2D eigenvalue weighted by atomic mass is 16.5. The van der Waals surface area contributed by atoms with Crippen LogP contribution in [0.2, 0.25) is 0 Å². The van der Waals surface area contributed by atoms with Crippen LogP contribution in [0.4, 0.5) is 0 Å². The Balaban J connectivity index is 1.67. The van der Waals surface area contributed by atoms with Crippen molar-refractivity contribution in [1.82, 2.24) is 9.55 Å². The lowest BCUT2D eigenvalue weighted by atomic mass is 9.96. The summed E-state index contributed by atoms with van der Waals surface area (Å²) in [6.07, 6.45) is 2.24. The predicted molar refractivity (Wildman–Crippen MR) is 123 cm³/mol. The van der Waals surface area contributed by atoms with Crippen LogP contribution in [0.3, 0.4) is 0 Å². The molecule has 1 N–H and O–H groups in total. The van der Waals surface area contributed by atoms with Crippen LogP contribution in [-0.4, -0.2) is 15.7 Å². The number of benzene rings is 2. The number of hydrogen-bond acceptors (Lipinski definition) is 3. The van der Waals surface area contributed by atoms with Crippen LogP contribution in [0.25, 0.3) is 0 Å². The van der Waals surface area contributed by atoms with E-state index >= 15 is 0 Å². The topological polar surface area (TPSA) is 64.1 Å². The highest BCUT2D eigenvalue weighted by Crippen LogP contribution is 2.25. The van der Waals surface area contributed by atoms with Gasteiger partial charge in [-0.15, -0.1) is 0 Å². The fraction of sp³-hybridized carbons (Fsp3) is 0.385. The monoisotopic (exact) mass is 418 g/mol. The van der Waals surface area contributed by atoms with E-state index in [4.69, 9.17) is 4.74 Å². The van der Waals surface area contributed by atoms with E-state index < -0.39 is 5.69 Å². The van der Waals surface area contributed by atoms with E-state index in [0.29, 0.717) is 12.0 Å². The van der Waals surface area contributed by atoms with Crippen molar-refractivity contribution in [3.63, 3.8) is 0 Å². The van der Waals surface area contributed by atoms with Gasteiger partial charge in [0.05, 0.1) is 6.10 Å². The van der Waals surface area contributed by atoms with Gasteiger partial charge in [0.1, 0.15) is 6.73 Å². The molecular formula is C26H30N2O3. The Morgan fingerprint density at radius 1 is 1.03 bits per heavy atom. The second-order valence-corrected chi connectivity index (χ2v) is 8.97. The molecule has 1 aliphatic rings. The van der Waals surface area contributed by atoms with Gasteiger partial charge in [-0.3, -0.25) is 14.3 Å². The van der Waals surface area contributed by atoms with Crippen LogP contribution < -0.4 is 11.2 Å². The van der Waals surface area contributed by atoms with Gasteiger partial charge in [-0.2, -0.15) is 0 Å². The maximum Gasteiger partial charge on any atom is 0.330 e. The maximum absolute atomic E-state index is 12.8. The summed E-state index contributed by atoms with van der Waals surface area (Å²) in [6.45, 7) is 8.23. The van der Waals surface area contributed by atoms with Crippen molar-refractivity contribution in [2.75, 3.05) is 0 Å². The first kappa shape index (κ1) is 21.3. The van der Waals surface area contributed by atoms with Crippen LogP contribution in [0.1, 0.15) is 58.8 Å². The molecule has 3 aromatic rings. The fourth-order valence-electron chi connectivity index (χ4n) is 4.73. The Morgan fingerprint density at radius 3 is 2.23 bits per heavy atom. The molecule has 2 aromatic carbocycles. The minimum atomic E-state index is -0.413. The van der Waals surface area contributed by atoms with Gasteiger partial charge in [0, 0.05) is 17.7 Å². The second kappa shape index (κ2) is 8.67. The zero-order valence-electron chi connectivity index (χ0n) is 18.7. The molecule has 0 amide bonds. The van der Waals surface area contributed by atoms with Crippen molar-refractivity contribution in [3.8, 4) is 0 Å². The molecule has 1 aliphatic carbocycles. The summed E-state index contributed by atoms with van der Waals surface area (Å²) in [4.78, 5) is 28.0. The minimum Gasteiger partial charge on any atom is -0.357 e. The quantitative estimate of drug-likeness (QED) is 0.658. The van der Waals surface area contributed by atoms with Gasteiger partial charge < -0.3 is 4.74 Å². The van der Waals surface area contributed by atoms with E-state index in [1.807, 2.05) is 26.0 Å². The fourth-order valence-corrected chi connectivity index (χ4v) is 4.73. The number of nitrogens with zero attached hydrogens (tertiary/aromatic N) is 1. The van der Waals surface area contributed by atoms with Crippen LogP contribution in [0, 0.1) is 13.8 Å². The van der Waals surface area contributed by atoms with E-state index in [1.54, 1.807) is 4.57 Å². The van der Waals surface area contributed by atoms with Crippen molar-refractivity contribution < 1.29 is 4.74 Å². The standard InChI is InChI=1S/C26H30N2O3/c1-16(2)24-23(12-19-10-17(3)9-18(4)11-19)28(26(30)27-25(24)29)15-31-22-13-20-7-5-6-8-21(20)14-22/h5-11,16,22H,12-15H2,1-4H3,(H,27,29,30). The molecule has 0 radical (unpaired) electrons. The third-order valence-corrected chi connectivity index (χ3v) is 6.03. The molecule has 31 heavy (non-hydrogen) atoms. The molecule has 0 saturated carbocycles. The van der Waals surface area contributed by atoms with Crippen LogP contribution in [0.15, 0.2) is 52.1 Å². The molecule has 1 heterocycles. The van der Waals surface area contributed by atoms with Crippen molar-refractivity contribution in [2.24, 2.45) is 0 Å². The summed E-state index contributed by atoms with van der Waals surface area (Å²) in [5, 5.41) is 0. The Bertz CT molecular complexity index is 1170. The first-order valence-electron chi connectivity index (χ1n) is 10.9. The average Bonchev–Trinajstić information content (AvgIpc) is 3.09. The molecule has 1 aromatic heterocycles. The molecular weight excluding hydrogens is 388 g/mol. The minimum absolute atomic E-state index is 0.00718. The van der Waals surface area contributed by atoms with E-state index in [9.17, 15) is 9.59 Å². The van der Waals surface area contributed by atoms with Crippen LogP contribution >= 0.6 is 0 Å². The number of H-pyrrole nitrogens is 1. The summed E-state index contributed by atoms with van der Waals surface area (Å²) in [7, 11) is 0. The number of aromatic amines is 1. The molecule has 0 unspecified atom stereocenters. The number of hydrogen-bond donors (Lipinski definition) is 1. The van der Waals surface area contributed by atoms with Gasteiger partial charge >= 0.3 is 5.69 Å². The third-order valence-electron chi connectivity index (χ3n) is 6.03. The van der Waals surface area contributed by atoms with Crippen molar-refractivity contribution in [1.29, 1.82) is 0 Å². The molecule has 4 rings (SSSR count). The van der Waals surface area contributed by atoms with Crippen molar-refractivity contribution in [3.05, 3.63) is 102 Å². The Morgan fingerprint density at radius 2 is 1.65 bits per heavy atom. The number of aromatic nitrogens is 2. The van der Waals surface area contributed by atoms with Gasteiger partial charge in [0.2, 0.25) is 0 Å². The van der Waals surface area contributed by atoms with Gasteiger partial charge in [0.15, 0.2) is 0 Å². The molecule has 0 bridgehead atoms. The van der Waals surface area contributed by atoms with Crippen molar-refractivity contribution >= 4 is 0 Å². The lowest BCUT2D eigenvalue weighted by Gasteiger charge is -2.20. The smallest absolute Gasteiger partial charge is 0.330 e. The molecule has 0 fully saturated rings. The number of aryl methyl sites for hydroxylation is 2. The number of ether oxygens (including phenoxy) is 1. The van der Waals surface area contributed by atoms with E-state index in [1.165, 1.54) is 22.3 Å². The number of nitrogens with one attached hydrogen (secondary N) is 1. The summed E-state index contributed by atoms with van der Waals surface area (Å²) in [5.41, 5.74) is 6.71. The van der Waals surface area contributed by atoms with E-state index in [-0.39, 0.29) is 24.3 Å². The first-order chi connectivity index (χ1) is 14.8. The number of rotatable bonds is 6. The Hall–Kier alpha value is -2.92. The molecule has 0 atom stereocenters. The van der Waals surface area contributed by atoms with Gasteiger partial charge in [-0.1, -0.05) is 67.4 Å². The van der Waals surface area contributed by atoms with Crippen molar-refractivity contribution in [2.45, 2.75) is 65.7 Å².